The molecule has 0 unspecified atom stereocenters. The number of hydrogen-bond donors (Lipinski definition) is 0. The van der Waals surface area contributed by atoms with E-state index in [1.807, 2.05) is 48.5 Å². The summed E-state index contributed by atoms with van der Waals surface area (Å²) >= 11 is 0. The quantitative estimate of drug-likeness (QED) is 0.161. The van der Waals surface area contributed by atoms with Crippen LogP contribution < -0.4 is 0 Å². The second-order valence-corrected chi connectivity index (χ2v) is 15.6. The Bertz CT molecular complexity index is 3630. The minimum Gasteiger partial charge on any atom is -0.455 e. The fourth-order valence-electron chi connectivity index (χ4n) is 8.86. The van der Waals surface area contributed by atoms with Crippen LogP contribution in [-0.2, 0) is 0 Å². The van der Waals surface area contributed by atoms with Crippen molar-refractivity contribution in [1.29, 1.82) is 0 Å². The Hall–Kier alpha value is -8.41. The SMILES string of the molecule is c1ccc(-c2cccc(-c3nc(-c4ccccc4)nc(-c4cccc(-n5c6ccc(-c7ccccc7)cc6c6cc(-c7cccc8c7oc7ccccc78)ccc65)c4)n3)c2)cc1. The summed E-state index contributed by atoms with van der Waals surface area (Å²) < 4.78 is 8.88. The first-order valence-corrected chi connectivity index (χ1v) is 20.8. The van der Waals surface area contributed by atoms with Crippen LogP contribution in [0.4, 0.5) is 0 Å². The maximum absolute atomic E-state index is 6.52. The van der Waals surface area contributed by atoms with Gasteiger partial charge in [-0.05, 0) is 76.3 Å². The van der Waals surface area contributed by atoms with Gasteiger partial charge >= 0.3 is 0 Å². The number of furan rings is 1. The Labute approximate surface area is 357 Å². The van der Waals surface area contributed by atoms with Crippen molar-refractivity contribution in [2.45, 2.75) is 0 Å². The second kappa shape index (κ2) is 14.7. The van der Waals surface area contributed by atoms with E-state index >= 15 is 0 Å². The summed E-state index contributed by atoms with van der Waals surface area (Å²) in [6, 6.07) is 76.4. The van der Waals surface area contributed by atoms with E-state index in [9.17, 15) is 0 Å². The minimum absolute atomic E-state index is 0.606. The number of nitrogens with zero attached hydrogens (tertiary/aromatic N) is 4. The summed E-state index contributed by atoms with van der Waals surface area (Å²) in [6.45, 7) is 0. The van der Waals surface area contributed by atoms with E-state index in [0.717, 1.165) is 93.9 Å². The lowest BCUT2D eigenvalue weighted by atomic mass is 9.99. The topological polar surface area (TPSA) is 56.7 Å². The zero-order valence-corrected chi connectivity index (χ0v) is 33.5. The van der Waals surface area contributed by atoms with Crippen LogP contribution in [0.3, 0.4) is 0 Å². The first kappa shape index (κ1) is 35.5. The molecule has 0 aliphatic rings. The number of aromatic nitrogens is 4. The molecular formula is C57H36N4O. The molecule has 3 aromatic heterocycles. The molecule has 12 aromatic rings. The predicted octanol–water partition coefficient (Wildman–Crippen LogP) is 14.9. The van der Waals surface area contributed by atoms with Crippen LogP contribution in [-0.4, -0.2) is 19.5 Å². The third-order valence-electron chi connectivity index (χ3n) is 11.8. The second-order valence-electron chi connectivity index (χ2n) is 15.6. The van der Waals surface area contributed by atoms with Gasteiger partial charge in [0.1, 0.15) is 11.2 Å². The zero-order valence-electron chi connectivity index (χ0n) is 33.5. The normalized spacial score (nSPS) is 11.5. The molecule has 9 aromatic carbocycles. The maximum atomic E-state index is 6.52. The molecule has 0 spiro atoms. The molecule has 62 heavy (non-hydrogen) atoms. The van der Waals surface area contributed by atoms with Gasteiger partial charge in [-0.15, -0.1) is 0 Å². The van der Waals surface area contributed by atoms with Gasteiger partial charge in [-0.3, -0.25) is 0 Å². The van der Waals surface area contributed by atoms with E-state index in [0.29, 0.717) is 17.5 Å². The van der Waals surface area contributed by atoms with Gasteiger partial charge in [-0.25, -0.2) is 15.0 Å². The lowest BCUT2D eigenvalue weighted by molar-refractivity contribution is 0.670. The fraction of sp³-hybridized carbons (Fsp3) is 0. The van der Waals surface area contributed by atoms with Crippen molar-refractivity contribution >= 4 is 43.7 Å². The first-order chi connectivity index (χ1) is 30.7. The highest BCUT2D eigenvalue weighted by Gasteiger charge is 2.19. The summed E-state index contributed by atoms with van der Waals surface area (Å²) in [6.07, 6.45) is 0. The molecule has 0 aliphatic heterocycles. The standard InChI is InChI=1S/C57H36N4O/c1-4-15-37(16-5-1)40-21-12-22-43(33-40)56-58-55(39-19-8-3-9-20-39)59-57(60-56)44-23-13-24-45(34-44)61-51-31-29-41(38-17-6-2-7-18-38)35-49(51)50-36-42(30-32-52(50)61)46-26-14-27-48-47-25-10-11-28-53(47)62-54(46)48/h1-36H. The predicted molar refractivity (Wildman–Crippen MR) is 254 cm³/mol. The zero-order chi connectivity index (χ0) is 41.0. The van der Waals surface area contributed by atoms with Crippen LogP contribution in [0.25, 0.3) is 117 Å². The van der Waals surface area contributed by atoms with Crippen molar-refractivity contribution in [3.63, 3.8) is 0 Å². The molecule has 0 aliphatic carbocycles. The number of fused-ring (bicyclic) bond motifs is 6. The van der Waals surface area contributed by atoms with Gasteiger partial charge in [-0.1, -0.05) is 170 Å². The van der Waals surface area contributed by atoms with Gasteiger partial charge in [-0.2, -0.15) is 0 Å². The van der Waals surface area contributed by atoms with Crippen LogP contribution in [0.1, 0.15) is 0 Å². The van der Waals surface area contributed by atoms with Crippen LogP contribution in [0.15, 0.2) is 223 Å². The third kappa shape index (κ3) is 6.14. The van der Waals surface area contributed by atoms with Gasteiger partial charge in [0.25, 0.3) is 0 Å². The van der Waals surface area contributed by atoms with Crippen molar-refractivity contribution < 1.29 is 4.42 Å². The van der Waals surface area contributed by atoms with Crippen molar-refractivity contribution in [3.05, 3.63) is 218 Å². The van der Waals surface area contributed by atoms with E-state index in [-0.39, 0.29) is 0 Å². The van der Waals surface area contributed by atoms with E-state index in [1.165, 1.54) is 5.56 Å². The number of rotatable bonds is 7. The summed E-state index contributed by atoms with van der Waals surface area (Å²) in [5.41, 5.74) is 14.5. The summed E-state index contributed by atoms with van der Waals surface area (Å²) in [5, 5.41) is 4.55. The Morgan fingerprint density at radius 2 is 0.790 bits per heavy atom. The van der Waals surface area contributed by atoms with Crippen molar-refractivity contribution in [2.75, 3.05) is 0 Å². The molecule has 290 valence electrons. The number of para-hydroxylation sites is 2. The monoisotopic (exact) mass is 792 g/mol. The third-order valence-corrected chi connectivity index (χ3v) is 11.8. The number of benzene rings is 9. The van der Waals surface area contributed by atoms with Gasteiger partial charge in [0, 0.05) is 49.5 Å². The Kier molecular flexibility index (Phi) is 8.42. The molecular weight excluding hydrogens is 757 g/mol. The fourth-order valence-corrected chi connectivity index (χ4v) is 8.86. The first-order valence-electron chi connectivity index (χ1n) is 20.8. The molecule has 0 saturated carbocycles. The highest BCUT2D eigenvalue weighted by molar-refractivity contribution is 6.14. The summed E-state index contributed by atoms with van der Waals surface area (Å²) in [5.74, 6) is 1.85. The Morgan fingerprint density at radius 1 is 0.306 bits per heavy atom. The summed E-state index contributed by atoms with van der Waals surface area (Å²) in [4.78, 5) is 15.3. The van der Waals surface area contributed by atoms with Gasteiger partial charge in [0.15, 0.2) is 17.5 Å². The van der Waals surface area contributed by atoms with Gasteiger partial charge in [0.2, 0.25) is 0 Å². The van der Waals surface area contributed by atoms with E-state index in [4.69, 9.17) is 19.4 Å². The lowest BCUT2D eigenvalue weighted by Crippen LogP contribution is -2.01. The Morgan fingerprint density at radius 3 is 1.48 bits per heavy atom. The van der Waals surface area contributed by atoms with Crippen LogP contribution in [0.5, 0.6) is 0 Å². The lowest BCUT2D eigenvalue weighted by Gasteiger charge is -2.12. The number of hydrogen-bond acceptors (Lipinski definition) is 4. The Balaban J connectivity index is 1.04. The molecule has 5 nitrogen and oxygen atoms in total. The molecule has 0 bridgehead atoms. The van der Waals surface area contributed by atoms with E-state index < -0.39 is 0 Å². The molecule has 0 saturated heterocycles. The molecule has 0 fully saturated rings. The molecule has 0 atom stereocenters. The molecule has 0 radical (unpaired) electrons. The molecule has 12 rings (SSSR count). The van der Waals surface area contributed by atoms with Crippen molar-refractivity contribution in [2.24, 2.45) is 0 Å². The van der Waals surface area contributed by atoms with Crippen molar-refractivity contribution in [3.8, 4) is 73.2 Å². The molecule has 5 heteroatoms. The smallest absolute Gasteiger partial charge is 0.164 e. The summed E-state index contributed by atoms with van der Waals surface area (Å²) in [7, 11) is 0. The molecule has 3 heterocycles. The van der Waals surface area contributed by atoms with E-state index in [1.54, 1.807) is 0 Å². The minimum atomic E-state index is 0.606. The maximum Gasteiger partial charge on any atom is 0.164 e. The highest BCUT2D eigenvalue weighted by Crippen LogP contribution is 2.41. The highest BCUT2D eigenvalue weighted by atomic mass is 16.3. The van der Waals surface area contributed by atoms with Crippen LogP contribution >= 0.6 is 0 Å². The average Bonchev–Trinajstić information content (AvgIpc) is 3.90. The van der Waals surface area contributed by atoms with Crippen LogP contribution in [0, 0.1) is 0 Å². The van der Waals surface area contributed by atoms with Gasteiger partial charge < -0.3 is 8.98 Å². The largest absolute Gasteiger partial charge is 0.455 e. The average molecular weight is 793 g/mol. The van der Waals surface area contributed by atoms with Gasteiger partial charge in [0.05, 0.1) is 11.0 Å². The van der Waals surface area contributed by atoms with Crippen LogP contribution in [0.2, 0.25) is 0 Å². The molecule has 0 N–H and O–H groups in total. The molecule has 0 amide bonds. The van der Waals surface area contributed by atoms with E-state index in [2.05, 4.69) is 174 Å². The van der Waals surface area contributed by atoms with Crippen molar-refractivity contribution in [1.82, 2.24) is 19.5 Å².